The lowest BCUT2D eigenvalue weighted by Gasteiger charge is -2.28. The van der Waals surface area contributed by atoms with E-state index < -0.39 is 4.92 Å². The van der Waals surface area contributed by atoms with Crippen LogP contribution in [0.25, 0.3) is 0 Å². The molecule has 3 rings (SSSR count). The van der Waals surface area contributed by atoms with E-state index in [4.69, 9.17) is 4.74 Å². The Kier molecular flexibility index (Phi) is 6.05. The van der Waals surface area contributed by atoms with Crippen LogP contribution in [0.15, 0.2) is 48.5 Å². The molecule has 2 aromatic rings. The summed E-state index contributed by atoms with van der Waals surface area (Å²) in [5, 5.41) is 16.1. The first-order valence-corrected chi connectivity index (χ1v) is 8.76. The highest BCUT2D eigenvalue weighted by molar-refractivity contribution is 5.82. The third-order valence-electron chi connectivity index (χ3n) is 4.25. The number of nitro benzene ring substituents is 1. The summed E-state index contributed by atoms with van der Waals surface area (Å²) in [7, 11) is 0. The maximum Gasteiger partial charge on any atom is 0.269 e. The summed E-state index contributed by atoms with van der Waals surface area (Å²) in [6, 6.07) is 13.2. The van der Waals surface area contributed by atoms with E-state index in [9.17, 15) is 19.7 Å². The van der Waals surface area contributed by atoms with Gasteiger partial charge >= 0.3 is 0 Å². The molecule has 9 nitrogen and oxygen atoms in total. The fourth-order valence-electron chi connectivity index (χ4n) is 2.75. The van der Waals surface area contributed by atoms with Crippen LogP contribution in [0.4, 0.5) is 11.4 Å². The molecule has 2 amide bonds. The monoisotopic (exact) mass is 384 g/mol. The predicted molar refractivity (Wildman–Crippen MR) is 102 cm³/mol. The molecular weight excluding hydrogens is 364 g/mol. The molecule has 2 N–H and O–H groups in total. The minimum Gasteiger partial charge on any atom is -0.484 e. The highest BCUT2D eigenvalue weighted by atomic mass is 16.6. The molecule has 2 aromatic carbocycles. The maximum absolute atomic E-state index is 11.9. The minimum absolute atomic E-state index is 0.00982. The van der Waals surface area contributed by atoms with Gasteiger partial charge in [-0.05, 0) is 29.8 Å². The first-order valence-electron chi connectivity index (χ1n) is 8.76. The van der Waals surface area contributed by atoms with Gasteiger partial charge in [-0.3, -0.25) is 19.7 Å². The van der Waals surface area contributed by atoms with E-state index in [-0.39, 0.29) is 24.1 Å². The molecule has 1 aliphatic rings. The van der Waals surface area contributed by atoms with Crippen LogP contribution in [0.5, 0.6) is 5.75 Å². The van der Waals surface area contributed by atoms with Gasteiger partial charge < -0.3 is 20.3 Å². The molecule has 0 unspecified atom stereocenters. The smallest absolute Gasteiger partial charge is 0.269 e. The van der Waals surface area contributed by atoms with Crippen molar-refractivity contribution >= 4 is 23.2 Å². The third-order valence-corrected chi connectivity index (χ3v) is 4.25. The van der Waals surface area contributed by atoms with Crippen molar-refractivity contribution in [1.82, 2.24) is 10.6 Å². The normalized spacial score (nSPS) is 13.6. The highest BCUT2D eigenvalue weighted by Gasteiger charge is 2.16. The molecule has 0 bridgehead atoms. The fraction of sp³-hybridized carbons (Fsp3) is 0.263. The van der Waals surface area contributed by atoms with Gasteiger partial charge in [-0.2, -0.15) is 0 Å². The van der Waals surface area contributed by atoms with Crippen LogP contribution in [0.1, 0.15) is 5.56 Å². The number of non-ortho nitro benzene ring substituents is 1. The Morgan fingerprint density at radius 2 is 1.89 bits per heavy atom. The summed E-state index contributed by atoms with van der Waals surface area (Å²) in [4.78, 5) is 35.5. The molecule has 1 aliphatic heterocycles. The summed E-state index contributed by atoms with van der Waals surface area (Å²) in [5.74, 6) is 0.0985. The van der Waals surface area contributed by atoms with Crippen molar-refractivity contribution in [2.45, 2.75) is 6.54 Å². The molecule has 0 spiro atoms. The van der Waals surface area contributed by atoms with E-state index in [0.717, 1.165) is 17.8 Å². The summed E-state index contributed by atoms with van der Waals surface area (Å²) in [6.45, 7) is 1.91. The van der Waals surface area contributed by atoms with Crippen LogP contribution in [-0.4, -0.2) is 43.0 Å². The Morgan fingerprint density at radius 3 is 2.54 bits per heavy atom. The zero-order chi connectivity index (χ0) is 19.9. The second kappa shape index (κ2) is 8.85. The first kappa shape index (κ1) is 19.2. The Bertz CT molecular complexity index is 852. The number of ether oxygens (including phenoxy) is 1. The van der Waals surface area contributed by atoms with Crippen LogP contribution >= 0.6 is 0 Å². The van der Waals surface area contributed by atoms with Crippen LogP contribution < -0.4 is 20.3 Å². The van der Waals surface area contributed by atoms with Crippen molar-refractivity contribution in [1.29, 1.82) is 0 Å². The SMILES string of the molecule is O=C(COc1ccc([N+](=O)[O-])cc1)NCc1ccc(N2CCNC(=O)C2)cc1. The standard InChI is InChI=1S/C19H20N4O5/c24-18-12-22(10-9-20-18)15-3-1-14(2-4-15)11-21-19(25)13-28-17-7-5-16(6-8-17)23(26)27/h1-8H,9-13H2,(H,20,24)(H,21,25). The maximum atomic E-state index is 11.9. The Labute approximate surface area is 161 Å². The molecular formula is C19H20N4O5. The van der Waals surface area contributed by atoms with Crippen LogP contribution in [0.3, 0.4) is 0 Å². The predicted octanol–water partition coefficient (Wildman–Crippen LogP) is 1.23. The average molecular weight is 384 g/mol. The number of nitrogens with one attached hydrogen (secondary N) is 2. The van der Waals surface area contributed by atoms with E-state index in [1.165, 1.54) is 24.3 Å². The number of rotatable bonds is 7. The van der Waals surface area contributed by atoms with Crippen molar-refractivity contribution in [3.05, 3.63) is 64.2 Å². The molecule has 9 heteroatoms. The van der Waals surface area contributed by atoms with Gasteiger partial charge in [0.2, 0.25) is 5.91 Å². The summed E-state index contributed by atoms with van der Waals surface area (Å²) in [5.41, 5.74) is 1.85. The number of hydrogen-bond acceptors (Lipinski definition) is 6. The quantitative estimate of drug-likeness (QED) is 0.548. The van der Waals surface area contributed by atoms with E-state index >= 15 is 0 Å². The largest absolute Gasteiger partial charge is 0.484 e. The van der Waals surface area contributed by atoms with Gasteiger partial charge in [0.15, 0.2) is 6.61 Å². The average Bonchev–Trinajstić information content (AvgIpc) is 2.71. The van der Waals surface area contributed by atoms with Gasteiger partial charge in [-0.1, -0.05) is 12.1 Å². The molecule has 1 heterocycles. The van der Waals surface area contributed by atoms with Gasteiger partial charge in [0, 0.05) is 37.5 Å². The lowest BCUT2D eigenvalue weighted by Crippen LogP contribution is -2.47. The number of carbonyl (C=O) groups is 2. The second-order valence-corrected chi connectivity index (χ2v) is 6.25. The van der Waals surface area contributed by atoms with Crippen molar-refractivity contribution in [2.75, 3.05) is 31.1 Å². The number of anilines is 1. The van der Waals surface area contributed by atoms with Crippen molar-refractivity contribution < 1.29 is 19.2 Å². The van der Waals surface area contributed by atoms with Gasteiger partial charge in [0.25, 0.3) is 11.6 Å². The minimum atomic E-state index is -0.498. The van der Waals surface area contributed by atoms with E-state index in [0.29, 0.717) is 25.4 Å². The molecule has 146 valence electrons. The molecule has 0 atom stereocenters. The Balaban J connectivity index is 1.44. The summed E-state index contributed by atoms with van der Waals surface area (Å²) < 4.78 is 5.32. The van der Waals surface area contributed by atoms with Crippen molar-refractivity contribution in [3.63, 3.8) is 0 Å². The number of amides is 2. The molecule has 1 fully saturated rings. The molecule has 28 heavy (non-hydrogen) atoms. The van der Waals surface area contributed by atoms with Gasteiger partial charge in [0.1, 0.15) is 5.75 Å². The Hall–Kier alpha value is -3.62. The van der Waals surface area contributed by atoms with Crippen molar-refractivity contribution in [3.8, 4) is 5.75 Å². The molecule has 0 radical (unpaired) electrons. The number of nitro groups is 1. The van der Waals surface area contributed by atoms with Crippen molar-refractivity contribution in [2.24, 2.45) is 0 Å². The highest BCUT2D eigenvalue weighted by Crippen LogP contribution is 2.17. The van der Waals surface area contributed by atoms with Gasteiger partial charge in [0.05, 0.1) is 11.5 Å². The van der Waals surface area contributed by atoms with E-state index in [2.05, 4.69) is 10.6 Å². The lowest BCUT2D eigenvalue weighted by atomic mass is 10.2. The molecule has 1 saturated heterocycles. The Morgan fingerprint density at radius 1 is 1.18 bits per heavy atom. The number of benzene rings is 2. The topological polar surface area (TPSA) is 114 Å². The van der Waals surface area contributed by atoms with Gasteiger partial charge in [-0.15, -0.1) is 0 Å². The van der Waals surface area contributed by atoms with Crippen LogP contribution in [-0.2, 0) is 16.1 Å². The van der Waals surface area contributed by atoms with E-state index in [1.807, 2.05) is 29.2 Å². The number of nitrogens with zero attached hydrogens (tertiary/aromatic N) is 2. The fourth-order valence-corrected chi connectivity index (χ4v) is 2.75. The van der Waals surface area contributed by atoms with Crippen LogP contribution in [0.2, 0.25) is 0 Å². The van der Waals surface area contributed by atoms with E-state index in [1.54, 1.807) is 0 Å². The molecule has 0 saturated carbocycles. The number of carbonyl (C=O) groups excluding carboxylic acids is 2. The lowest BCUT2D eigenvalue weighted by molar-refractivity contribution is -0.384. The zero-order valence-electron chi connectivity index (χ0n) is 15.1. The van der Waals surface area contributed by atoms with Gasteiger partial charge in [-0.25, -0.2) is 0 Å². The molecule has 0 aromatic heterocycles. The zero-order valence-corrected chi connectivity index (χ0v) is 15.1. The number of piperazine rings is 1. The summed E-state index contributed by atoms with van der Waals surface area (Å²) >= 11 is 0. The molecule has 0 aliphatic carbocycles. The first-order chi connectivity index (χ1) is 13.5. The van der Waals surface area contributed by atoms with Crippen LogP contribution in [0, 0.1) is 10.1 Å². The third kappa shape index (κ3) is 5.19. The summed E-state index contributed by atoms with van der Waals surface area (Å²) in [6.07, 6.45) is 0. The number of hydrogen-bond donors (Lipinski definition) is 2. The second-order valence-electron chi connectivity index (χ2n) is 6.25.